The zero-order valence-electron chi connectivity index (χ0n) is 12.0. The molecule has 1 aromatic rings. The van der Waals surface area contributed by atoms with Gasteiger partial charge in [0, 0.05) is 24.3 Å². The highest BCUT2D eigenvalue weighted by Crippen LogP contribution is 2.24. The Kier molecular flexibility index (Phi) is 3.89. The fourth-order valence-corrected chi connectivity index (χ4v) is 2.39. The van der Waals surface area contributed by atoms with Crippen molar-refractivity contribution in [3.05, 3.63) is 11.8 Å². The van der Waals surface area contributed by atoms with E-state index < -0.39 is 0 Å². The Morgan fingerprint density at radius 1 is 1.52 bits per heavy atom. The second-order valence-corrected chi connectivity index (χ2v) is 5.41. The molecule has 0 spiro atoms. The van der Waals surface area contributed by atoms with E-state index in [1.165, 1.54) is 0 Å². The quantitative estimate of drug-likeness (QED) is 0.510. The van der Waals surface area contributed by atoms with E-state index in [4.69, 9.17) is 10.6 Å². The van der Waals surface area contributed by atoms with Crippen molar-refractivity contribution >= 4 is 17.7 Å². The number of nitrogens with two attached hydrogens (primary N) is 1. The van der Waals surface area contributed by atoms with E-state index in [2.05, 4.69) is 20.7 Å². The summed E-state index contributed by atoms with van der Waals surface area (Å²) in [5, 5.41) is 3.03. The Balaban J connectivity index is 1.84. The standard InChI is InChI=1S/C13H20N6O2/c1-8-6-15-13(18-14)17-11(8)19-4-5-21-7-10(19)12(20)16-9-2-3-9/h6,9-10H,2-5,7,14H2,1H3,(H,16,20)(H,15,17,18). The molecule has 0 bridgehead atoms. The summed E-state index contributed by atoms with van der Waals surface area (Å²) < 4.78 is 5.47. The molecule has 1 amide bonds. The van der Waals surface area contributed by atoms with Gasteiger partial charge in [0.05, 0.1) is 13.2 Å². The minimum Gasteiger partial charge on any atom is -0.377 e. The lowest BCUT2D eigenvalue weighted by atomic mass is 10.2. The van der Waals surface area contributed by atoms with Crippen LogP contribution in [0, 0.1) is 6.92 Å². The zero-order valence-corrected chi connectivity index (χ0v) is 12.0. The number of carbonyl (C=O) groups is 1. The van der Waals surface area contributed by atoms with Gasteiger partial charge in [-0.15, -0.1) is 0 Å². The molecule has 1 saturated carbocycles. The van der Waals surface area contributed by atoms with E-state index in [0.717, 1.165) is 24.2 Å². The number of carbonyl (C=O) groups excluding carboxylic acids is 1. The first kappa shape index (κ1) is 14.0. The molecule has 8 heteroatoms. The number of ether oxygens (including phenoxy) is 1. The fourth-order valence-electron chi connectivity index (χ4n) is 2.39. The summed E-state index contributed by atoms with van der Waals surface area (Å²) in [5.74, 6) is 6.42. The number of aromatic nitrogens is 2. The molecule has 21 heavy (non-hydrogen) atoms. The van der Waals surface area contributed by atoms with Gasteiger partial charge in [0.15, 0.2) is 0 Å². The van der Waals surface area contributed by atoms with Crippen LogP contribution >= 0.6 is 0 Å². The summed E-state index contributed by atoms with van der Waals surface area (Å²) >= 11 is 0. The Bertz CT molecular complexity index is 533. The van der Waals surface area contributed by atoms with Gasteiger partial charge in [0.25, 0.3) is 0 Å². The molecule has 2 aliphatic rings. The highest BCUT2D eigenvalue weighted by Gasteiger charge is 2.34. The number of amides is 1. The molecule has 1 aliphatic heterocycles. The van der Waals surface area contributed by atoms with Crippen LogP contribution in [0.1, 0.15) is 18.4 Å². The normalized spacial score (nSPS) is 22.0. The molecule has 8 nitrogen and oxygen atoms in total. The number of nitrogens with zero attached hydrogens (tertiary/aromatic N) is 3. The summed E-state index contributed by atoms with van der Waals surface area (Å²) in [6, 6.07) is -0.0346. The van der Waals surface area contributed by atoms with Gasteiger partial charge in [-0.2, -0.15) is 4.98 Å². The Morgan fingerprint density at radius 3 is 3.05 bits per heavy atom. The molecule has 1 unspecified atom stereocenters. The number of anilines is 2. The van der Waals surface area contributed by atoms with Gasteiger partial charge in [-0.3, -0.25) is 10.2 Å². The smallest absolute Gasteiger partial charge is 0.245 e. The third-order valence-corrected chi connectivity index (χ3v) is 3.70. The van der Waals surface area contributed by atoms with Gasteiger partial charge < -0.3 is 15.0 Å². The van der Waals surface area contributed by atoms with Crippen LogP contribution in [-0.2, 0) is 9.53 Å². The van der Waals surface area contributed by atoms with E-state index in [1.54, 1.807) is 6.20 Å². The third-order valence-electron chi connectivity index (χ3n) is 3.70. The Hall–Kier alpha value is -1.93. The van der Waals surface area contributed by atoms with Crippen molar-refractivity contribution in [3.8, 4) is 0 Å². The number of aryl methyl sites for hydroxylation is 1. The van der Waals surface area contributed by atoms with E-state index in [0.29, 0.717) is 31.7 Å². The van der Waals surface area contributed by atoms with Crippen molar-refractivity contribution in [2.24, 2.45) is 5.84 Å². The summed E-state index contributed by atoms with van der Waals surface area (Å²) in [6.07, 6.45) is 3.82. The van der Waals surface area contributed by atoms with Crippen LogP contribution in [0.5, 0.6) is 0 Å². The monoisotopic (exact) mass is 292 g/mol. The van der Waals surface area contributed by atoms with E-state index in [9.17, 15) is 4.79 Å². The van der Waals surface area contributed by atoms with Crippen molar-refractivity contribution in [1.29, 1.82) is 0 Å². The molecule has 1 aliphatic carbocycles. The first-order valence-corrected chi connectivity index (χ1v) is 7.14. The van der Waals surface area contributed by atoms with Crippen LogP contribution in [0.15, 0.2) is 6.20 Å². The molecule has 0 radical (unpaired) electrons. The lowest BCUT2D eigenvalue weighted by molar-refractivity contribution is -0.124. The number of hydrogen-bond donors (Lipinski definition) is 3. The number of hydrogen-bond acceptors (Lipinski definition) is 7. The minimum absolute atomic E-state index is 0.00234. The molecule has 2 fully saturated rings. The van der Waals surface area contributed by atoms with E-state index in [-0.39, 0.29) is 11.9 Å². The zero-order chi connectivity index (χ0) is 14.8. The first-order chi connectivity index (χ1) is 10.2. The van der Waals surface area contributed by atoms with Crippen LogP contribution < -0.4 is 21.5 Å². The van der Waals surface area contributed by atoms with Gasteiger partial charge in [-0.1, -0.05) is 0 Å². The lowest BCUT2D eigenvalue weighted by Gasteiger charge is -2.36. The highest BCUT2D eigenvalue weighted by molar-refractivity contribution is 5.86. The first-order valence-electron chi connectivity index (χ1n) is 7.14. The topological polar surface area (TPSA) is 105 Å². The number of nitrogen functional groups attached to an aromatic ring is 1. The second-order valence-electron chi connectivity index (χ2n) is 5.41. The Labute approximate surface area is 123 Å². The van der Waals surface area contributed by atoms with Gasteiger partial charge in [-0.25, -0.2) is 10.8 Å². The summed E-state index contributed by atoms with van der Waals surface area (Å²) in [7, 11) is 0. The van der Waals surface area contributed by atoms with Crippen molar-refractivity contribution < 1.29 is 9.53 Å². The average molecular weight is 292 g/mol. The van der Waals surface area contributed by atoms with Gasteiger partial charge >= 0.3 is 0 Å². The molecule has 2 heterocycles. The number of nitrogens with one attached hydrogen (secondary N) is 2. The van der Waals surface area contributed by atoms with Crippen LogP contribution in [0.4, 0.5) is 11.8 Å². The van der Waals surface area contributed by atoms with Crippen molar-refractivity contribution in [2.75, 3.05) is 30.1 Å². The molecule has 1 aromatic heterocycles. The van der Waals surface area contributed by atoms with Gasteiger partial charge in [0.2, 0.25) is 11.9 Å². The van der Waals surface area contributed by atoms with Crippen molar-refractivity contribution in [3.63, 3.8) is 0 Å². The molecule has 3 rings (SSSR count). The van der Waals surface area contributed by atoms with Crippen LogP contribution in [-0.4, -0.2) is 47.7 Å². The van der Waals surface area contributed by atoms with Crippen LogP contribution in [0.2, 0.25) is 0 Å². The number of rotatable bonds is 4. The molecular weight excluding hydrogens is 272 g/mol. The predicted molar refractivity (Wildman–Crippen MR) is 77.7 cm³/mol. The minimum atomic E-state index is -0.362. The molecular formula is C13H20N6O2. The van der Waals surface area contributed by atoms with E-state index in [1.807, 2.05) is 11.8 Å². The van der Waals surface area contributed by atoms with Crippen molar-refractivity contribution in [1.82, 2.24) is 15.3 Å². The molecule has 114 valence electrons. The summed E-state index contributed by atoms with van der Waals surface area (Å²) in [6.45, 7) is 3.47. The third kappa shape index (κ3) is 3.06. The van der Waals surface area contributed by atoms with E-state index >= 15 is 0 Å². The summed E-state index contributed by atoms with van der Waals surface area (Å²) in [4.78, 5) is 22.8. The lowest BCUT2D eigenvalue weighted by Crippen LogP contribution is -2.55. The second kappa shape index (κ2) is 5.82. The molecule has 4 N–H and O–H groups in total. The van der Waals surface area contributed by atoms with Gasteiger partial charge in [0.1, 0.15) is 11.9 Å². The fraction of sp³-hybridized carbons (Fsp3) is 0.615. The van der Waals surface area contributed by atoms with Gasteiger partial charge in [-0.05, 0) is 19.8 Å². The molecule has 1 saturated heterocycles. The molecule has 0 aromatic carbocycles. The average Bonchev–Trinajstić information content (AvgIpc) is 3.32. The maximum absolute atomic E-state index is 12.4. The maximum atomic E-state index is 12.4. The van der Waals surface area contributed by atoms with Crippen LogP contribution in [0.25, 0.3) is 0 Å². The van der Waals surface area contributed by atoms with Crippen molar-refractivity contribution in [2.45, 2.75) is 31.8 Å². The Morgan fingerprint density at radius 2 is 2.33 bits per heavy atom. The maximum Gasteiger partial charge on any atom is 0.245 e. The molecule has 1 atom stereocenters. The SMILES string of the molecule is Cc1cnc(NN)nc1N1CCOCC1C(=O)NC1CC1. The largest absolute Gasteiger partial charge is 0.377 e. The highest BCUT2D eigenvalue weighted by atomic mass is 16.5. The predicted octanol–water partition coefficient (Wildman–Crippen LogP) is -0.446. The summed E-state index contributed by atoms with van der Waals surface area (Å²) in [5.41, 5.74) is 3.34. The number of hydrazine groups is 1. The number of morpholine rings is 1. The van der Waals surface area contributed by atoms with Crippen LogP contribution in [0.3, 0.4) is 0 Å².